The number of imidazole rings is 1. The minimum absolute atomic E-state index is 0.294. The fraction of sp³-hybridized carbons (Fsp3) is 0.118. The molecule has 0 radical (unpaired) electrons. The third kappa shape index (κ3) is 2.96. The maximum Gasteiger partial charge on any atom is 0.250 e. The number of nitrogens with two attached hydrogens (primary N) is 1. The lowest BCUT2D eigenvalue weighted by atomic mass is 10.2. The molecule has 0 unspecified atom stereocenters. The molecule has 116 valence electrons. The molecule has 6 heteroatoms. The molecule has 2 aromatic heterocycles. The second-order valence-electron chi connectivity index (χ2n) is 5.05. The lowest BCUT2D eigenvalue weighted by Gasteiger charge is -2.09. The van der Waals surface area contributed by atoms with Crippen LogP contribution >= 0.6 is 11.6 Å². The predicted molar refractivity (Wildman–Crippen MR) is 89.7 cm³/mol. The topological polar surface area (TPSA) is 73.8 Å². The first-order chi connectivity index (χ1) is 11.1. The van der Waals surface area contributed by atoms with Gasteiger partial charge in [0.25, 0.3) is 0 Å². The standard InChI is InChI=1S/C17H15ClN4O/c1-2-11-3-6-15(21-10-11)17-20-7-8-22(17)12-4-5-13(16(19)23)14(18)9-12/h3-10H,2H2,1H3,(H2,19,23). The van der Waals surface area contributed by atoms with Crippen molar-refractivity contribution in [3.05, 3.63) is 65.1 Å². The zero-order valence-electron chi connectivity index (χ0n) is 12.5. The van der Waals surface area contributed by atoms with Crippen molar-refractivity contribution >= 4 is 17.5 Å². The van der Waals surface area contributed by atoms with Crippen molar-refractivity contribution in [2.45, 2.75) is 13.3 Å². The number of aromatic nitrogens is 3. The molecule has 0 aliphatic carbocycles. The normalized spacial score (nSPS) is 10.7. The summed E-state index contributed by atoms with van der Waals surface area (Å²) in [4.78, 5) is 20.1. The molecule has 0 saturated heterocycles. The van der Waals surface area contributed by atoms with E-state index < -0.39 is 5.91 Å². The van der Waals surface area contributed by atoms with E-state index in [9.17, 15) is 4.79 Å². The third-order valence-corrected chi connectivity index (χ3v) is 3.91. The van der Waals surface area contributed by atoms with Crippen molar-refractivity contribution in [1.29, 1.82) is 0 Å². The summed E-state index contributed by atoms with van der Waals surface area (Å²) in [5, 5.41) is 0.309. The summed E-state index contributed by atoms with van der Waals surface area (Å²) in [7, 11) is 0. The third-order valence-electron chi connectivity index (χ3n) is 3.60. The van der Waals surface area contributed by atoms with E-state index in [4.69, 9.17) is 17.3 Å². The summed E-state index contributed by atoms with van der Waals surface area (Å²) in [6.45, 7) is 2.08. The van der Waals surface area contributed by atoms with Crippen LogP contribution in [-0.4, -0.2) is 20.4 Å². The molecule has 0 aliphatic rings. The molecule has 23 heavy (non-hydrogen) atoms. The Kier molecular flexibility index (Phi) is 4.12. The number of carbonyl (C=O) groups excluding carboxylic acids is 1. The first-order valence-corrected chi connectivity index (χ1v) is 7.56. The first kappa shape index (κ1) is 15.2. The number of carbonyl (C=O) groups is 1. The monoisotopic (exact) mass is 326 g/mol. The van der Waals surface area contributed by atoms with Gasteiger partial charge in [-0.2, -0.15) is 0 Å². The molecule has 1 amide bonds. The summed E-state index contributed by atoms with van der Waals surface area (Å²) < 4.78 is 1.87. The number of hydrogen-bond donors (Lipinski definition) is 1. The van der Waals surface area contributed by atoms with Crippen LogP contribution < -0.4 is 5.73 Å². The van der Waals surface area contributed by atoms with Gasteiger partial charge < -0.3 is 5.73 Å². The highest BCUT2D eigenvalue weighted by atomic mass is 35.5. The number of benzene rings is 1. The summed E-state index contributed by atoms with van der Waals surface area (Å²) in [6.07, 6.45) is 6.30. The zero-order chi connectivity index (χ0) is 16.4. The lowest BCUT2D eigenvalue weighted by molar-refractivity contribution is 0.100. The van der Waals surface area contributed by atoms with E-state index in [1.165, 1.54) is 5.56 Å². The van der Waals surface area contributed by atoms with Gasteiger partial charge in [0.15, 0.2) is 5.82 Å². The highest BCUT2D eigenvalue weighted by molar-refractivity contribution is 6.34. The number of pyridine rings is 1. The zero-order valence-corrected chi connectivity index (χ0v) is 13.3. The van der Waals surface area contributed by atoms with Crippen LogP contribution in [0.5, 0.6) is 0 Å². The molecule has 0 aliphatic heterocycles. The maximum atomic E-state index is 11.3. The molecule has 0 saturated carbocycles. The Labute approximate surface area is 138 Å². The van der Waals surface area contributed by atoms with Gasteiger partial charge in [-0.3, -0.25) is 14.3 Å². The molecule has 1 aromatic carbocycles. The van der Waals surface area contributed by atoms with Crippen LogP contribution in [0.4, 0.5) is 0 Å². The van der Waals surface area contributed by atoms with E-state index in [1.54, 1.807) is 24.4 Å². The first-order valence-electron chi connectivity index (χ1n) is 7.18. The van der Waals surface area contributed by atoms with Crippen LogP contribution in [0, 0.1) is 0 Å². The molecular formula is C17H15ClN4O. The molecule has 5 nitrogen and oxygen atoms in total. The summed E-state index contributed by atoms with van der Waals surface area (Å²) >= 11 is 6.13. The average molecular weight is 327 g/mol. The average Bonchev–Trinajstić information content (AvgIpc) is 3.04. The van der Waals surface area contributed by atoms with Gasteiger partial charge in [0, 0.05) is 24.3 Å². The Balaban J connectivity index is 2.03. The molecule has 0 spiro atoms. The predicted octanol–water partition coefficient (Wildman–Crippen LogP) is 3.25. The summed E-state index contributed by atoms with van der Waals surface area (Å²) in [5.41, 5.74) is 8.29. The van der Waals surface area contributed by atoms with Crippen molar-refractivity contribution in [3.63, 3.8) is 0 Å². The van der Waals surface area contributed by atoms with Gasteiger partial charge in [0.05, 0.1) is 10.6 Å². The number of hydrogen-bond acceptors (Lipinski definition) is 3. The second-order valence-corrected chi connectivity index (χ2v) is 5.46. The Morgan fingerprint density at radius 1 is 1.26 bits per heavy atom. The molecule has 0 fully saturated rings. The highest BCUT2D eigenvalue weighted by Crippen LogP contribution is 2.24. The molecule has 0 bridgehead atoms. The van der Waals surface area contributed by atoms with Crippen LogP contribution in [-0.2, 0) is 6.42 Å². The van der Waals surface area contributed by atoms with Gasteiger partial charge in [0.2, 0.25) is 5.91 Å². The van der Waals surface area contributed by atoms with Crippen molar-refractivity contribution in [3.8, 4) is 17.2 Å². The van der Waals surface area contributed by atoms with E-state index in [-0.39, 0.29) is 0 Å². The van der Waals surface area contributed by atoms with Gasteiger partial charge in [-0.05, 0) is 36.2 Å². The minimum Gasteiger partial charge on any atom is -0.366 e. The fourth-order valence-electron chi connectivity index (χ4n) is 2.32. The van der Waals surface area contributed by atoms with Crippen LogP contribution in [0.1, 0.15) is 22.8 Å². The quantitative estimate of drug-likeness (QED) is 0.799. The number of amides is 1. The van der Waals surface area contributed by atoms with Crippen LogP contribution in [0.15, 0.2) is 48.9 Å². The number of rotatable bonds is 4. The van der Waals surface area contributed by atoms with Crippen LogP contribution in [0.25, 0.3) is 17.2 Å². The number of nitrogens with zero attached hydrogens (tertiary/aromatic N) is 3. The van der Waals surface area contributed by atoms with Crippen molar-refractivity contribution in [2.24, 2.45) is 5.73 Å². The smallest absolute Gasteiger partial charge is 0.250 e. The molecule has 2 heterocycles. The van der Waals surface area contributed by atoms with Crippen LogP contribution in [0.3, 0.4) is 0 Å². The van der Waals surface area contributed by atoms with E-state index in [1.807, 2.05) is 29.1 Å². The minimum atomic E-state index is -0.552. The van der Waals surface area contributed by atoms with Gasteiger partial charge in [0.1, 0.15) is 5.69 Å². The molecule has 0 atom stereocenters. The lowest BCUT2D eigenvalue weighted by Crippen LogP contribution is -2.11. The van der Waals surface area contributed by atoms with Crippen LogP contribution in [0.2, 0.25) is 5.02 Å². The van der Waals surface area contributed by atoms with Crippen molar-refractivity contribution < 1.29 is 4.79 Å². The van der Waals surface area contributed by atoms with E-state index >= 15 is 0 Å². The number of primary amides is 1. The maximum absolute atomic E-state index is 11.3. The Morgan fingerprint density at radius 2 is 2.09 bits per heavy atom. The largest absolute Gasteiger partial charge is 0.366 e. The molecule has 3 aromatic rings. The second kappa shape index (κ2) is 6.22. The van der Waals surface area contributed by atoms with Gasteiger partial charge in [-0.25, -0.2) is 4.98 Å². The van der Waals surface area contributed by atoms with E-state index in [0.29, 0.717) is 16.4 Å². The van der Waals surface area contributed by atoms with Gasteiger partial charge >= 0.3 is 0 Å². The molecular weight excluding hydrogens is 312 g/mol. The van der Waals surface area contributed by atoms with Gasteiger partial charge in [-0.15, -0.1) is 0 Å². The summed E-state index contributed by atoms with van der Waals surface area (Å²) in [5.74, 6) is 0.153. The molecule has 2 N–H and O–H groups in total. The highest BCUT2D eigenvalue weighted by Gasteiger charge is 2.12. The van der Waals surface area contributed by atoms with E-state index in [0.717, 1.165) is 17.8 Å². The Bertz CT molecular complexity index is 855. The Morgan fingerprint density at radius 3 is 2.70 bits per heavy atom. The Hall–Kier alpha value is -2.66. The van der Waals surface area contributed by atoms with Crippen molar-refractivity contribution in [2.75, 3.05) is 0 Å². The van der Waals surface area contributed by atoms with Crippen molar-refractivity contribution in [1.82, 2.24) is 14.5 Å². The SMILES string of the molecule is CCc1ccc(-c2nccn2-c2ccc(C(N)=O)c(Cl)c2)nc1. The van der Waals surface area contributed by atoms with E-state index in [2.05, 4.69) is 16.9 Å². The van der Waals surface area contributed by atoms with Gasteiger partial charge in [-0.1, -0.05) is 24.6 Å². The fourth-order valence-corrected chi connectivity index (χ4v) is 2.59. The molecule has 3 rings (SSSR count). The summed E-state index contributed by atoms with van der Waals surface area (Å²) in [6, 6.07) is 9.05. The number of aryl methyl sites for hydroxylation is 1. The number of halogens is 1.